The van der Waals surface area contributed by atoms with Crippen LogP contribution in [0.3, 0.4) is 0 Å². The minimum Gasteiger partial charge on any atom is -0.313 e. The van der Waals surface area contributed by atoms with Crippen molar-refractivity contribution < 1.29 is 14.4 Å². The molecule has 0 unspecified atom stereocenters. The molecule has 0 saturated heterocycles. The highest BCUT2D eigenvalue weighted by molar-refractivity contribution is 7.49. The number of hydrogen-bond acceptors (Lipinski definition) is 4. The van der Waals surface area contributed by atoms with E-state index in [1.807, 2.05) is 0 Å². The van der Waals surface area contributed by atoms with Gasteiger partial charge in [0.1, 0.15) is 0 Å². The molecule has 0 aromatic carbocycles. The summed E-state index contributed by atoms with van der Waals surface area (Å²) in [4.78, 5) is 14.8. The van der Waals surface area contributed by atoms with Crippen molar-refractivity contribution in [3.05, 3.63) is 18.5 Å². The van der Waals surface area contributed by atoms with Crippen LogP contribution in [0.15, 0.2) is 18.5 Å². The molecule has 0 fully saturated rings. The van der Waals surface area contributed by atoms with Crippen molar-refractivity contribution in [2.24, 2.45) is 5.50 Å². The van der Waals surface area contributed by atoms with Crippen LogP contribution in [0.2, 0.25) is 0 Å². The van der Waals surface area contributed by atoms with Gasteiger partial charge in [0.15, 0.2) is 0 Å². The number of aromatic nitrogens is 3. The molecule has 1 aromatic heterocycles. The lowest BCUT2D eigenvalue weighted by atomic mass is 10.7. The van der Waals surface area contributed by atoms with Gasteiger partial charge in [-0.05, 0) is 11.3 Å². The summed E-state index contributed by atoms with van der Waals surface area (Å²) in [5.74, 6) is 0. The van der Waals surface area contributed by atoms with Crippen LogP contribution in [0.4, 0.5) is 0 Å². The fourth-order valence-corrected chi connectivity index (χ4v) is 0.205. The van der Waals surface area contributed by atoms with E-state index in [-0.39, 0.29) is 0 Å². The fraction of sp³-hybridized carbons (Fsp3) is 0. The number of nitrogens with two attached hydrogens (primary N) is 1. The summed E-state index contributed by atoms with van der Waals surface area (Å²) in [5.41, 5.74) is 4.02. The van der Waals surface area contributed by atoms with Crippen molar-refractivity contribution in [3.63, 3.8) is 0 Å². The Hall–Kier alpha value is -0.880. The van der Waals surface area contributed by atoms with E-state index in [1.54, 1.807) is 18.5 Å². The predicted molar refractivity (Wildman–Crippen MR) is 36.1 cm³/mol. The average molecular weight is 178 g/mol. The van der Waals surface area contributed by atoms with Gasteiger partial charge in [-0.15, -0.1) is 10.2 Å². The molecule has 1 rings (SSSR count). The zero-order chi connectivity index (χ0) is 8.74. The SMILES string of the molecule is NP(=O)(O)O.c1cnnnc1. The Bertz CT molecular complexity index is 188. The maximum Gasteiger partial charge on any atom is 0.397 e. The van der Waals surface area contributed by atoms with Crippen LogP contribution < -0.4 is 5.50 Å². The van der Waals surface area contributed by atoms with Gasteiger partial charge in [-0.25, -0.2) is 10.1 Å². The lowest BCUT2D eigenvalue weighted by Gasteiger charge is -1.84. The van der Waals surface area contributed by atoms with E-state index < -0.39 is 7.75 Å². The lowest BCUT2D eigenvalue weighted by Crippen LogP contribution is -1.87. The molecular formula is C3H7N4O3P. The molecule has 62 valence electrons. The van der Waals surface area contributed by atoms with Gasteiger partial charge in [-0.1, -0.05) is 0 Å². The van der Waals surface area contributed by atoms with Crippen LogP contribution in [0, 0.1) is 0 Å². The Balaban J connectivity index is 0.000000187. The second-order valence-electron chi connectivity index (χ2n) is 1.40. The van der Waals surface area contributed by atoms with Crippen LogP contribution in [0.1, 0.15) is 0 Å². The second-order valence-corrected chi connectivity index (χ2v) is 2.58. The van der Waals surface area contributed by atoms with Gasteiger partial charge in [-0.2, -0.15) is 0 Å². The molecule has 0 aliphatic carbocycles. The van der Waals surface area contributed by atoms with Crippen LogP contribution in [-0.4, -0.2) is 25.2 Å². The first-order chi connectivity index (χ1) is 5.00. The molecule has 0 bridgehead atoms. The van der Waals surface area contributed by atoms with Crippen LogP contribution in [0.25, 0.3) is 0 Å². The summed E-state index contributed by atoms with van der Waals surface area (Å²) >= 11 is 0. The first-order valence-corrected chi connectivity index (χ1v) is 4.11. The van der Waals surface area contributed by atoms with Crippen molar-refractivity contribution in [1.82, 2.24) is 15.4 Å². The number of rotatable bonds is 0. The Morgan fingerprint density at radius 3 is 1.73 bits per heavy atom. The molecule has 1 aromatic rings. The topological polar surface area (TPSA) is 122 Å². The Labute approximate surface area is 62.5 Å². The molecule has 0 spiro atoms. The highest BCUT2D eigenvalue weighted by Gasteiger charge is 1.96. The molecule has 0 amide bonds. The number of hydrogen-bond donors (Lipinski definition) is 3. The molecular weight excluding hydrogens is 171 g/mol. The van der Waals surface area contributed by atoms with Crippen LogP contribution >= 0.6 is 7.75 Å². The molecule has 4 N–H and O–H groups in total. The summed E-state index contributed by atoms with van der Waals surface area (Å²) in [7, 11) is -4.14. The molecule has 0 aliphatic rings. The Morgan fingerprint density at radius 2 is 1.64 bits per heavy atom. The third-order valence-electron chi connectivity index (χ3n) is 0.409. The molecule has 0 aliphatic heterocycles. The van der Waals surface area contributed by atoms with E-state index >= 15 is 0 Å². The predicted octanol–water partition coefficient (Wildman–Crippen LogP) is -1.09. The van der Waals surface area contributed by atoms with Gasteiger partial charge in [0.2, 0.25) is 0 Å². The molecule has 7 nitrogen and oxygen atoms in total. The minimum atomic E-state index is -4.14. The van der Waals surface area contributed by atoms with E-state index in [0.717, 1.165) is 0 Å². The van der Waals surface area contributed by atoms with Gasteiger partial charge >= 0.3 is 7.75 Å². The van der Waals surface area contributed by atoms with E-state index in [2.05, 4.69) is 20.9 Å². The third kappa shape index (κ3) is 17.6. The van der Waals surface area contributed by atoms with Crippen molar-refractivity contribution in [3.8, 4) is 0 Å². The summed E-state index contributed by atoms with van der Waals surface area (Å²) < 4.78 is 9.10. The first kappa shape index (κ1) is 10.1. The summed E-state index contributed by atoms with van der Waals surface area (Å²) in [6.45, 7) is 0. The normalized spacial score (nSPS) is 9.73. The molecule has 11 heavy (non-hydrogen) atoms. The van der Waals surface area contributed by atoms with E-state index in [9.17, 15) is 0 Å². The lowest BCUT2D eigenvalue weighted by molar-refractivity contribution is 0.374. The zero-order valence-corrected chi connectivity index (χ0v) is 6.30. The Morgan fingerprint density at radius 1 is 1.27 bits per heavy atom. The van der Waals surface area contributed by atoms with Crippen LogP contribution in [0.5, 0.6) is 0 Å². The maximum absolute atomic E-state index is 9.10. The molecule has 0 atom stereocenters. The van der Waals surface area contributed by atoms with Crippen molar-refractivity contribution in [2.75, 3.05) is 0 Å². The fourth-order valence-electron chi connectivity index (χ4n) is 0.205. The maximum atomic E-state index is 9.10. The van der Waals surface area contributed by atoms with Crippen LogP contribution in [-0.2, 0) is 4.57 Å². The second kappa shape index (κ2) is 4.86. The minimum absolute atomic E-state index is 1.58. The molecule has 0 radical (unpaired) electrons. The van der Waals surface area contributed by atoms with Gasteiger partial charge < -0.3 is 9.79 Å². The van der Waals surface area contributed by atoms with Crippen molar-refractivity contribution in [2.45, 2.75) is 0 Å². The first-order valence-electron chi connectivity index (χ1n) is 2.42. The quantitative estimate of drug-likeness (QED) is 0.431. The molecule has 0 saturated carbocycles. The monoisotopic (exact) mass is 178 g/mol. The smallest absolute Gasteiger partial charge is 0.313 e. The average Bonchev–Trinajstić information content (AvgIpc) is 1.88. The summed E-state index contributed by atoms with van der Waals surface area (Å²) in [6, 6.07) is 1.72. The van der Waals surface area contributed by atoms with Gasteiger partial charge in [-0.3, -0.25) is 0 Å². The van der Waals surface area contributed by atoms with Crippen molar-refractivity contribution in [1.29, 1.82) is 0 Å². The third-order valence-corrected chi connectivity index (χ3v) is 0.409. The van der Waals surface area contributed by atoms with E-state index in [1.165, 1.54) is 0 Å². The van der Waals surface area contributed by atoms with E-state index in [4.69, 9.17) is 14.4 Å². The largest absolute Gasteiger partial charge is 0.397 e. The molecule has 8 heteroatoms. The van der Waals surface area contributed by atoms with Gasteiger partial charge in [0.05, 0.1) is 12.4 Å². The Kier molecular flexibility index (Phi) is 4.47. The number of nitrogens with zero attached hydrogens (tertiary/aromatic N) is 3. The zero-order valence-electron chi connectivity index (χ0n) is 5.40. The summed E-state index contributed by atoms with van der Waals surface area (Å²) in [6.07, 6.45) is 3.15. The van der Waals surface area contributed by atoms with Crippen molar-refractivity contribution >= 4 is 7.75 Å². The van der Waals surface area contributed by atoms with Gasteiger partial charge in [0, 0.05) is 0 Å². The molecule has 1 heterocycles. The van der Waals surface area contributed by atoms with E-state index in [0.29, 0.717) is 0 Å². The highest BCUT2D eigenvalue weighted by Crippen LogP contribution is 2.20. The highest BCUT2D eigenvalue weighted by atomic mass is 31.2. The van der Waals surface area contributed by atoms with Gasteiger partial charge in [0.25, 0.3) is 0 Å². The standard InChI is InChI=1S/C3H3N3.H4NO3P/c1-2-4-6-5-3-1;1-5(2,3)4/h1-3H;(H4,1,2,3,4). The summed E-state index contributed by atoms with van der Waals surface area (Å²) in [5, 5.41) is 10.1.